The van der Waals surface area contributed by atoms with Crippen LogP contribution in [0.1, 0.15) is 49.6 Å². The first-order valence-corrected chi connectivity index (χ1v) is 7.12. The van der Waals surface area contributed by atoms with Gasteiger partial charge in [-0.1, -0.05) is 19.8 Å². The van der Waals surface area contributed by atoms with Crippen molar-refractivity contribution >= 4 is 5.91 Å². The van der Waals surface area contributed by atoms with E-state index < -0.39 is 5.69 Å². The number of aromatic amines is 2. The molecule has 19 heavy (non-hydrogen) atoms. The number of amides is 1. The van der Waals surface area contributed by atoms with Crippen LogP contribution in [0.3, 0.4) is 0 Å². The second-order valence-electron chi connectivity index (χ2n) is 5.81. The normalized spacial score (nSPS) is 31.0. The van der Waals surface area contributed by atoms with E-state index in [1.54, 1.807) is 0 Å². The van der Waals surface area contributed by atoms with Crippen LogP contribution in [0, 0.1) is 11.8 Å². The number of carbonyl (C=O) groups is 1. The molecule has 1 aliphatic carbocycles. The molecule has 2 aliphatic rings. The molecule has 2 fully saturated rings. The Balaban J connectivity index is 1.83. The van der Waals surface area contributed by atoms with Gasteiger partial charge in [-0.3, -0.25) is 9.78 Å². The van der Waals surface area contributed by atoms with E-state index in [1.807, 2.05) is 4.90 Å². The molecule has 1 saturated carbocycles. The molecule has 0 spiro atoms. The molecule has 0 bridgehead atoms. The lowest BCUT2D eigenvalue weighted by molar-refractivity contribution is 0.0208. The molecule has 1 aromatic rings. The van der Waals surface area contributed by atoms with E-state index in [4.69, 9.17) is 0 Å². The highest BCUT2D eigenvalue weighted by molar-refractivity contribution is 5.90. The van der Waals surface area contributed by atoms with Crippen LogP contribution in [0.25, 0.3) is 0 Å². The molecule has 2 N–H and O–H groups in total. The van der Waals surface area contributed by atoms with Crippen LogP contribution in [0.5, 0.6) is 0 Å². The molecule has 2 heterocycles. The lowest BCUT2D eigenvalue weighted by Crippen LogP contribution is -2.52. The summed E-state index contributed by atoms with van der Waals surface area (Å²) in [6.07, 6.45) is 5.80. The van der Waals surface area contributed by atoms with Gasteiger partial charge in [0.1, 0.15) is 0 Å². The Hall–Kier alpha value is -1.59. The van der Waals surface area contributed by atoms with E-state index >= 15 is 0 Å². The zero-order valence-electron chi connectivity index (χ0n) is 11.2. The van der Waals surface area contributed by atoms with Crippen LogP contribution in [-0.4, -0.2) is 38.6 Å². The van der Waals surface area contributed by atoms with Crippen LogP contribution in [0.15, 0.2) is 4.79 Å². The van der Waals surface area contributed by atoms with Gasteiger partial charge < -0.3 is 4.90 Å². The van der Waals surface area contributed by atoms with Crippen molar-refractivity contribution in [3.63, 3.8) is 0 Å². The summed E-state index contributed by atoms with van der Waals surface area (Å²) in [5, 5.41) is 6.02. The number of piperidine rings is 1. The van der Waals surface area contributed by atoms with Gasteiger partial charge in [-0.05, 0) is 31.1 Å². The fourth-order valence-electron chi connectivity index (χ4n) is 3.67. The van der Waals surface area contributed by atoms with Gasteiger partial charge in [0.05, 0.1) is 0 Å². The largest absolute Gasteiger partial charge is 0.341 e. The first kappa shape index (κ1) is 12.4. The minimum Gasteiger partial charge on any atom is -0.333 e. The van der Waals surface area contributed by atoms with E-state index in [2.05, 4.69) is 22.1 Å². The number of hydrogen-bond acceptors (Lipinski definition) is 3. The quantitative estimate of drug-likeness (QED) is 0.798. The third-order valence-corrected chi connectivity index (χ3v) is 4.70. The van der Waals surface area contributed by atoms with E-state index in [9.17, 15) is 9.59 Å². The Morgan fingerprint density at radius 2 is 2.11 bits per heavy atom. The lowest BCUT2D eigenvalue weighted by Gasteiger charge is -2.47. The Labute approximate surface area is 111 Å². The Morgan fingerprint density at radius 1 is 1.32 bits per heavy atom. The molecule has 0 unspecified atom stereocenters. The maximum Gasteiger partial charge on any atom is 0.341 e. The number of fused-ring (bicyclic) bond motifs is 1. The van der Waals surface area contributed by atoms with Crippen molar-refractivity contribution in [1.29, 1.82) is 0 Å². The predicted molar refractivity (Wildman–Crippen MR) is 69.8 cm³/mol. The van der Waals surface area contributed by atoms with Gasteiger partial charge in [0, 0.05) is 12.6 Å². The molecule has 6 nitrogen and oxygen atoms in total. The van der Waals surface area contributed by atoms with E-state index in [-0.39, 0.29) is 11.7 Å². The van der Waals surface area contributed by atoms with E-state index in [0.29, 0.717) is 17.9 Å². The van der Waals surface area contributed by atoms with Gasteiger partial charge in [-0.25, -0.2) is 9.89 Å². The van der Waals surface area contributed by atoms with Crippen molar-refractivity contribution in [2.75, 3.05) is 6.54 Å². The Kier molecular flexibility index (Phi) is 3.16. The minimum atomic E-state index is -0.422. The number of likely N-dealkylation sites (tertiary alicyclic amines) is 1. The smallest absolute Gasteiger partial charge is 0.333 e. The molecule has 3 rings (SSSR count). The SMILES string of the molecule is C[C@@H]1CCN(C(=O)c2n[nH]c(=O)[nH]2)[C@H]2CCCC[C@@H]12. The summed E-state index contributed by atoms with van der Waals surface area (Å²) in [4.78, 5) is 27.9. The van der Waals surface area contributed by atoms with Gasteiger partial charge in [-0.2, -0.15) is 0 Å². The summed E-state index contributed by atoms with van der Waals surface area (Å²) in [5.74, 6) is 1.30. The number of H-pyrrole nitrogens is 2. The molecule has 0 aromatic carbocycles. The van der Waals surface area contributed by atoms with Crippen molar-refractivity contribution in [3.05, 3.63) is 16.3 Å². The van der Waals surface area contributed by atoms with Gasteiger partial charge >= 0.3 is 5.69 Å². The second-order valence-corrected chi connectivity index (χ2v) is 5.81. The fourth-order valence-corrected chi connectivity index (χ4v) is 3.67. The molecule has 0 radical (unpaired) electrons. The molecule has 1 aliphatic heterocycles. The fraction of sp³-hybridized carbons (Fsp3) is 0.769. The zero-order chi connectivity index (χ0) is 13.4. The summed E-state index contributed by atoms with van der Waals surface area (Å²) in [6, 6.07) is 0.324. The number of nitrogens with zero attached hydrogens (tertiary/aromatic N) is 2. The topological polar surface area (TPSA) is 81.8 Å². The van der Waals surface area contributed by atoms with Gasteiger partial charge in [0.15, 0.2) is 0 Å². The first-order valence-electron chi connectivity index (χ1n) is 7.12. The van der Waals surface area contributed by atoms with Crippen molar-refractivity contribution in [3.8, 4) is 0 Å². The van der Waals surface area contributed by atoms with Crippen LogP contribution >= 0.6 is 0 Å². The molecule has 1 aromatic heterocycles. The van der Waals surface area contributed by atoms with Gasteiger partial charge in [0.25, 0.3) is 5.91 Å². The van der Waals surface area contributed by atoms with Crippen molar-refractivity contribution in [1.82, 2.24) is 20.1 Å². The highest BCUT2D eigenvalue weighted by Crippen LogP contribution is 2.39. The maximum atomic E-state index is 12.4. The average Bonchev–Trinajstić information content (AvgIpc) is 2.86. The Morgan fingerprint density at radius 3 is 2.84 bits per heavy atom. The summed E-state index contributed by atoms with van der Waals surface area (Å²) in [7, 11) is 0. The number of hydrogen-bond donors (Lipinski definition) is 2. The minimum absolute atomic E-state index is 0.137. The first-order chi connectivity index (χ1) is 9.16. The van der Waals surface area contributed by atoms with Crippen molar-refractivity contribution < 1.29 is 4.79 Å². The summed E-state index contributed by atoms with van der Waals surface area (Å²) in [6.45, 7) is 3.07. The monoisotopic (exact) mass is 264 g/mol. The molecular weight excluding hydrogens is 244 g/mol. The third kappa shape index (κ3) is 2.19. The summed E-state index contributed by atoms with van der Waals surface area (Å²) < 4.78 is 0. The van der Waals surface area contributed by atoms with Gasteiger partial charge in [-0.15, -0.1) is 5.10 Å². The number of carbonyl (C=O) groups excluding carboxylic acids is 1. The third-order valence-electron chi connectivity index (χ3n) is 4.70. The number of aromatic nitrogens is 3. The Bertz CT molecular complexity index is 521. The highest BCUT2D eigenvalue weighted by Gasteiger charge is 2.40. The van der Waals surface area contributed by atoms with Crippen molar-refractivity contribution in [2.24, 2.45) is 11.8 Å². The lowest BCUT2D eigenvalue weighted by atomic mass is 9.72. The predicted octanol–water partition coefficient (Wildman–Crippen LogP) is 1.14. The molecular formula is C13H20N4O2. The second kappa shape index (κ2) is 4.83. The maximum absolute atomic E-state index is 12.4. The molecule has 1 saturated heterocycles. The van der Waals surface area contributed by atoms with Crippen LogP contribution in [-0.2, 0) is 0 Å². The van der Waals surface area contributed by atoms with Gasteiger partial charge in [0.2, 0.25) is 5.82 Å². The van der Waals surface area contributed by atoms with Crippen LogP contribution in [0.2, 0.25) is 0 Å². The standard InChI is InChI=1S/C13H20N4O2/c1-8-6-7-17(10-5-3-2-4-9(8)10)12(18)11-14-13(19)16-15-11/h8-10H,2-7H2,1H3,(H2,14,15,16,19)/t8-,9+,10+/m1/s1. The summed E-state index contributed by atoms with van der Waals surface area (Å²) >= 11 is 0. The summed E-state index contributed by atoms with van der Waals surface area (Å²) in [5.41, 5.74) is -0.422. The van der Waals surface area contributed by atoms with Crippen molar-refractivity contribution in [2.45, 2.75) is 45.1 Å². The van der Waals surface area contributed by atoms with Crippen LogP contribution < -0.4 is 5.69 Å². The van der Waals surface area contributed by atoms with E-state index in [0.717, 1.165) is 19.4 Å². The molecule has 1 amide bonds. The number of rotatable bonds is 1. The van der Waals surface area contributed by atoms with E-state index in [1.165, 1.54) is 19.3 Å². The molecule has 3 atom stereocenters. The zero-order valence-corrected chi connectivity index (χ0v) is 11.2. The molecule has 6 heteroatoms. The number of nitrogens with one attached hydrogen (secondary N) is 2. The highest BCUT2D eigenvalue weighted by atomic mass is 16.2. The average molecular weight is 264 g/mol. The van der Waals surface area contributed by atoms with Crippen LogP contribution in [0.4, 0.5) is 0 Å². The molecule has 104 valence electrons.